The van der Waals surface area contributed by atoms with Gasteiger partial charge >= 0.3 is 0 Å². The molecular weight excluding hydrogens is 228 g/mol. The zero-order chi connectivity index (χ0) is 13.4. The summed E-state index contributed by atoms with van der Waals surface area (Å²) in [5.41, 5.74) is 6.09. The van der Waals surface area contributed by atoms with Gasteiger partial charge in [-0.3, -0.25) is 4.99 Å². The van der Waals surface area contributed by atoms with Gasteiger partial charge in [0, 0.05) is 26.1 Å². The molecule has 0 saturated carbocycles. The van der Waals surface area contributed by atoms with Gasteiger partial charge in [0.25, 0.3) is 0 Å². The largest absolute Gasteiger partial charge is 0.375 e. The molecule has 2 heterocycles. The molecule has 0 bridgehead atoms. The molecule has 5 heteroatoms. The van der Waals surface area contributed by atoms with Crippen LogP contribution in [-0.4, -0.2) is 67.2 Å². The normalized spacial score (nSPS) is 31.2. The van der Waals surface area contributed by atoms with Crippen molar-refractivity contribution < 1.29 is 4.74 Å². The first kappa shape index (κ1) is 13.6. The molecule has 1 fully saturated rings. The van der Waals surface area contributed by atoms with E-state index in [4.69, 9.17) is 10.5 Å². The summed E-state index contributed by atoms with van der Waals surface area (Å²) in [5, 5.41) is 0. The fourth-order valence-electron chi connectivity index (χ4n) is 3.11. The van der Waals surface area contributed by atoms with Crippen LogP contribution in [-0.2, 0) is 4.74 Å². The van der Waals surface area contributed by atoms with Crippen LogP contribution in [0.1, 0.15) is 26.7 Å². The van der Waals surface area contributed by atoms with Crippen molar-refractivity contribution in [3.05, 3.63) is 0 Å². The number of rotatable bonds is 3. The molecule has 0 amide bonds. The van der Waals surface area contributed by atoms with Crippen molar-refractivity contribution in [1.29, 1.82) is 0 Å². The summed E-state index contributed by atoms with van der Waals surface area (Å²) in [4.78, 5) is 8.97. The van der Waals surface area contributed by atoms with Crippen molar-refractivity contribution in [3.63, 3.8) is 0 Å². The number of hydrogen-bond donors (Lipinski definition) is 1. The molecule has 5 nitrogen and oxygen atoms in total. The minimum atomic E-state index is -0.0746. The highest BCUT2D eigenvalue weighted by molar-refractivity contribution is 5.81. The lowest BCUT2D eigenvalue weighted by Crippen LogP contribution is -2.59. The first-order valence-corrected chi connectivity index (χ1v) is 6.71. The van der Waals surface area contributed by atoms with Crippen molar-refractivity contribution in [2.24, 2.45) is 10.7 Å². The van der Waals surface area contributed by atoms with E-state index in [0.29, 0.717) is 5.96 Å². The maximum absolute atomic E-state index is 6.08. The van der Waals surface area contributed by atoms with E-state index in [-0.39, 0.29) is 11.1 Å². The van der Waals surface area contributed by atoms with Gasteiger partial charge in [-0.15, -0.1) is 0 Å². The third-order valence-corrected chi connectivity index (χ3v) is 3.97. The molecule has 1 atom stereocenters. The molecule has 0 aromatic rings. The van der Waals surface area contributed by atoms with Crippen LogP contribution in [0.15, 0.2) is 4.99 Å². The van der Waals surface area contributed by atoms with Gasteiger partial charge in [-0.1, -0.05) is 0 Å². The third kappa shape index (κ3) is 2.62. The van der Waals surface area contributed by atoms with E-state index in [0.717, 1.165) is 39.1 Å². The highest BCUT2D eigenvalue weighted by atomic mass is 16.5. The van der Waals surface area contributed by atoms with Gasteiger partial charge in [-0.25, -0.2) is 0 Å². The van der Waals surface area contributed by atoms with Crippen LogP contribution in [0.25, 0.3) is 0 Å². The number of nitrogens with zero attached hydrogens (tertiary/aromatic N) is 3. The standard InChI is InChI=1S/C13H26N4O/c1-12(2)9-13(5-8-18-12)10-15-11(14)17(13)7-6-16(3)4/h5-10H2,1-4H3,(H2,14,15). The van der Waals surface area contributed by atoms with Crippen LogP contribution in [0.3, 0.4) is 0 Å². The molecule has 18 heavy (non-hydrogen) atoms. The van der Waals surface area contributed by atoms with E-state index in [2.05, 4.69) is 42.7 Å². The highest BCUT2D eigenvalue weighted by Gasteiger charge is 2.48. The fraction of sp³-hybridized carbons (Fsp3) is 0.923. The molecule has 2 N–H and O–H groups in total. The first-order chi connectivity index (χ1) is 8.35. The first-order valence-electron chi connectivity index (χ1n) is 6.71. The van der Waals surface area contributed by atoms with E-state index < -0.39 is 0 Å². The summed E-state index contributed by atoms with van der Waals surface area (Å²) in [6.45, 7) is 7.88. The summed E-state index contributed by atoms with van der Waals surface area (Å²) in [6, 6.07) is 0. The minimum Gasteiger partial charge on any atom is -0.375 e. The van der Waals surface area contributed by atoms with Crippen molar-refractivity contribution in [3.8, 4) is 0 Å². The number of nitrogens with two attached hydrogens (primary N) is 1. The Morgan fingerprint density at radius 3 is 2.78 bits per heavy atom. The Hall–Kier alpha value is -0.810. The van der Waals surface area contributed by atoms with Crippen molar-refractivity contribution in [2.45, 2.75) is 37.8 Å². The van der Waals surface area contributed by atoms with E-state index in [1.165, 1.54) is 0 Å². The minimum absolute atomic E-state index is 0.0746. The maximum atomic E-state index is 6.08. The molecular formula is C13H26N4O. The number of ether oxygens (including phenoxy) is 1. The lowest BCUT2D eigenvalue weighted by Gasteiger charge is -2.48. The molecule has 2 rings (SSSR count). The van der Waals surface area contributed by atoms with Crippen LogP contribution >= 0.6 is 0 Å². The van der Waals surface area contributed by atoms with Crippen LogP contribution in [0.2, 0.25) is 0 Å². The van der Waals surface area contributed by atoms with Gasteiger partial charge in [-0.05, 0) is 34.4 Å². The topological polar surface area (TPSA) is 54.1 Å². The SMILES string of the molecule is CN(C)CCN1C(N)=NCC12CCOC(C)(C)C2. The van der Waals surface area contributed by atoms with Gasteiger partial charge in [0.2, 0.25) is 0 Å². The van der Waals surface area contributed by atoms with Crippen molar-refractivity contribution in [1.82, 2.24) is 9.80 Å². The van der Waals surface area contributed by atoms with Crippen LogP contribution in [0, 0.1) is 0 Å². The molecule has 104 valence electrons. The summed E-state index contributed by atoms with van der Waals surface area (Å²) < 4.78 is 5.83. The van der Waals surface area contributed by atoms with Crippen LogP contribution < -0.4 is 5.73 Å². The zero-order valence-corrected chi connectivity index (χ0v) is 12.1. The summed E-state index contributed by atoms with van der Waals surface area (Å²) >= 11 is 0. The summed E-state index contributed by atoms with van der Waals surface area (Å²) in [7, 11) is 4.17. The summed E-state index contributed by atoms with van der Waals surface area (Å²) in [6.07, 6.45) is 2.02. The Morgan fingerprint density at radius 1 is 1.44 bits per heavy atom. The Bertz CT molecular complexity index is 340. The Morgan fingerprint density at radius 2 is 2.17 bits per heavy atom. The van der Waals surface area contributed by atoms with E-state index in [1.54, 1.807) is 0 Å². The average molecular weight is 254 g/mol. The number of guanidine groups is 1. The molecule has 0 aliphatic carbocycles. The predicted molar refractivity (Wildman–Crippen MR) is 73.7 cm³/mol. The second kappa shape index (κ2) is 4.70. The zero-order valence-electron chi connectivity index (χ0n) is 12.1. The van der Waals surface area contributed by atoms with Crippen LogP contribution in [0.5, 0.6) is 0 Å². The Labute approximate surface area is 110 Å². The van der Waals surface area contributed by atoms with Gasteiger partial charge in [0.1, 0.15) is 0 Å². The molecule has 2 aliphatic heterocycles. The molecule has 0 aromatic carbocycles. The highest BCUT2D eigenvalue weighted by Crippen LogP contribution is 2.38. The molecule has 1 unspecified atom stereocenters. The second-order valence-electron chi connectivity index (χ2n) is 6.39. The second-order valence-corrected chi connectivity index (χ2v) is 6.39. The Balaban J connectivity index is 2.11. The number of hydrogen-bond acceptors (Lipinski definition) is 5. The van der Waals surface area contributed by atoms with E-state index >= 15 is 0 Å². The fourth-order valence-corrected chi connectivity index (χ4v) is 3.11. The molecule has 0 aromatic heterocycles. The van der Waals surface area contributed by atoms with E-state index in [1.807, 2.05) is 0 Å². The molecule has 2 aliphatic rings. The summed E-state index contributed by atoms with van der Waals surface area (Å²) in [5.74, 6) is 0.703. The van der Waals surface area contributed by atoms with Crippen molar-refractivity contribution in [2.75, 3.05) is 40.3 Å². The Kier molecular flexibility index (Phi) is 3.56. The van der Waals surface area contributed by atoms with Gasteiger partial charge in [0.05, 0.1) is 17.7 Å². The van der Waals surface area contributed by atoms with Crippen LogP contribution in [0.4, 0.5) is 0 Å². The number of likely N-dealkylation sites (N-methyl/N-ethyl adjacent to an activating group) is 1. The lowest BCUT2D eigenvalue weighted by molar-refractivity contribution is -0.101. The molecule has 1 spiro atoms. The predicted octanol–water partition coefficient (Wildman–Crippen LogP) is 0.506. The smallest absolute Gasteiger partial charge is 0.191 e. The molecule has 1 saturated heterocycles. The van der Waals surface area contributed by atoms with Gasteiger partial charge in [0.15, 0.2) is 5.96 Å². The maximum Gasteiger partial charge on any atom is 0.191 e. The van der Waals surface area contributed by atoms with E-state index in [9.17, 15) is 0 Å². The van der Waals surface area contributed by atoms with Crippen molar-refractivity contribution >= 4 is 5.96 Å². The van der Waals surface area contributed by atoms with Gasteiger partial charge < -0.3 is 20.3 Å². The molecule has 0 radical (unpaired) electrons. The number of aliphatic imine (C=N–C) groups is 1. The third-order valence-electron chi connectivity index (χ3n) is 3.97. The lowest BCUT2D eigenvalue weighted by atomic mass is 9.80. The quantitative estimate of drug-likeness (QED) is 0.797. The average Bonchev–Trinajstić information content (AvgIpc) is 2.51. The van der Waals surface area contributed by atoms with Gasteiger partial charge in [-0.2, -0.15) is 0 Å². The monoisotopic (exact) mass is 254 g/mol.